The van der Waals surface area contributed by atoms with Crippen molar-refractivity contribution >= 4 is 0 Å². The SMILES string of the molecule is CC(C)C(C)N(Cc1cc(F)ccc1F)Cc1cccn1Cc1ccc(C(F)(F)F)cc1. The molecule has 0 saturated carbocycles. The molecule has 2 nitrogen and oxygen atoms in total. The predicted molar refractivity (Wildman–Crippen MR) is 115 cm³/mol. The summed E-state index contributed by atoms with van der Waals surface area (Å²) in [5.41, 5.74) is 1.30. The van der Waals surface area contributed by atoms with Crippen molar-refractivity contribution in [3.8, 4) is 0 Å². The highest BCUT2D eigenvalue weighted by Gasteiger charge is 2.30. The second kappa shape index (κ2) is 9.86. The Hall–Kier alpha value is -2.67. The summed E-state index contributed by atoms with van der Waals surface area (Å²) >= 11 is 0. The molecule has 1 aromatic heterocycles. The molecule has 0 aliphatic carbocycles. The molecule has 3 aromatic rings. The highest BCUT2D eigenvalue weighted by molar-refractivity contribution is 5.25. The van der Waals surface area contributed by atoms with Gasteiger partial charge in [0, 0.05) is 43.1 Å². The van der Waals surface area contributed by atoms with Crippen molar-refractivity contribution in [2.24, 2.45) is 5.92 Å². The molecule has 0 amide bonds. The first-order valence-electron chi connectivity index (χ1n) is 10.5. The number of alkyl halides is 3. The molecule has 1 heterocycles. The fraction of sp³-hybridized carbons (Fsp3) is 0.360. The Morgan fingerprint density at radius 2 is 1.59 bits per heavy atom. The lowest BCUT2D eigenvalue weighted by molar-refractivity contribution is -0.137. The lowest BCUT2D eigenvalue weighted by Gasteiger charge is -2.32. The van der Waals surface area contributed by atoms with E-state index in [0.29, 0.717) is 18.7 Å². The topological polar surface area (TPSA) is 8.17 Å². The average Bonchev–Trinajstić information content (AvgIpc) is 3.15. The van der Waals surface area contributed by atoms with Gasteiger partial charge in [-0.3, -0.25) is 4.90 Å². The van der Waals surface area contributed by atoms with Crippen LogP contribution in [-0.4, -0.2) is 15.5 Å². The van der Waals surface area contributed by atoms with Crippen LogP contribution in [0.3, 0.4) is 0 Å². The van der Waals surface area contributed by atoms with Gasteiger partial charge < -0.3 is 4.57 Å². The zero-order chi connectivity index (χ0) is 23.5. The normalized spacial score (nSPS) is 13.2. The highest BCUT2D eigenvalue weighted by Crippen LogP contribution is 2.29. The first kappa shape index (κ1) is 24.0. The van der Waals surface area contributed by atoms with Crippen LogP contribution in [0.5, 0.6) is 0 Å². The zero-order valence-electron chi connectivity index (χ0n) is 18.3. The number of nitrogens with zero attached hydrogens (tertiary/aromatic N) is 2. The minimum atomic E-state index is -4.36. The molecule has 0 saturated heterocycles. The van der Waals surface area contributed by atoms with Crippen molar-refractivity contribution < 1.29 is 22.0 Å². The van der Waals surface area contributed by atoms with Crippen molar-refractivity contribution in [1.82, 2.24) is 9.47 Å². The van der Waals surface area contributed by atoms with E-state index in [1.807, 2.05) is 29.8 Å². The molecule has 0 N–H and O–H groups in total. The van der Waals surface area contributed by atoms with Crippen LogP contribution in [0.15, 0.2) is 60.8 Å². The number of aromatic nitrogens is 1. The lowest BCUT2D eigenvalue weighted by atomic mass is 10.0. The van der Waals surface area contributed by atoms with Crippen LogP contribution in [-0.2, 0) is 25.8 Å². The van der Waals surface area contributed by atoms with Crippen LogP contribution in [0.2, 0.25) is 0 Å². The van der Waals surface area contributed by atoms with E-state index in [-0.39, 0.29) is 18.5 Å². The molecule has 0 aliphatic rings. The average molecular weight is 450 g/mol. The molecule has 0 fully saturated rings. The molecular formula is C25H27F5N2. The lowest BCUT2D eigenvalue weighted by Crippen LogP contribution is -2.36. The third-order valence-corrected chi connectivity index (χ3v) is 5.84. The van der Waals surface area contributed by atoms with E-state index < -0.39 is 23.4 Å². The smallest absolute Gasteiger partial charge is 0.346 e. The standard InChI is InChI=1S/C25H27F5N2/c1-17(2)18(3)32(15-20-13-22(26)10-11-24(20)27)16-23-5-4-12-31(23)14-19-6-8-21(9-7-19)25(28,29)30/h4-13,17-18H,14-16H2,1-3H3. The summed E-state index contributed by atoms with van der Waals surface area (Å²) in [5.74, 6) is -0.651. The van der Waals surface area contributed by atoms with Gasteiger partial charge in [0.25, 0.3) is 0 Å². The highest BCUT2D eigenvalue weighted by atomic mass is 19.4. The first-order valence-corrected chi connectivity index (χ1v) is 10.5. The summed E-state index contributed by atoms with van der Waals surface area (Å²) in [7, 11) is 0. The molecule has 3 rings (SSSR count). The van der Waals surface area contributed by atoms with Gasteiger partial charge in [0.05, 0.1) is 5.56 Å². The number of hydrogen-bond donors (Lipinski definition) is 0. The van der Waals surface area contributed by atoms with Gasteiger partial charge in [-0.2, -0.15) is 13.2 Å². The first-order chi connectivity index (χ1) is 15.0. The Morgan fingerprint density at radius 3 is 2.22 bits per heavy atom. The minimum Gasteiger partial charge on any atom is -0.346 e. The van der Waals surface area contributed by atoms with Crippen molar-refractivity contribution in [2.45, 2.75) is 52.6 Å². The third kappa shape index (κ3) is 5.97. The third-order valence-electron chi connectivity index (χ3n) is 5.84. The molecule has 0 radical (unpaired) electrons. The summed E-state index contributed by atoms with van der Waals surface area (Å²) in [6.07, 6.45) is -2.50. The van der Waals surface area contributed by atoms with Gasteiger partial charge >= 0.3 is 6.18 Å². The van der Waals surface area contributed by atoms with Gasteiger partial charge in [0.15, 0.2) is 0 Å². The second-order valence-electron chi connectivity index (χ2n) is 8.45. The van der Waals surface area contributed by atoms with Crippen LogP contribution in [0, 0.1) is 17.6 Å². The van der Waals surface area contributed by atoms with Gasteiger partial charge in [0.1, 0.15) is 11.6 Å². The van der Waals surface area contributed by atoms with Gasteiger partial charge in [-0.05, 0) is 60.9 Å². The quantitative estimate of drug-likeness (QED) is 0.340. The van der Waals surface area contributed by atoms with Crippen LogP contribution >= 0.6 is 0 Å². The van der Waals surface area contributed by atoms with Crippen molar-refractivity contribution in [2.75, 3.05) is 0 Å². The molecule has 2 aromatic carbocycles. The minimum absolute atomic E-state index is 0.0899. The summed E-state index contributed by atoms with van der Waals surface area (Å²) in [6, 6.07) is 12.5. The second-order valence-corrected chi connectivity index (χ2v) is 8.45. The maximum Gasteiger partial charge on any atom is 0.416 e. The number of hydrogen-bond acceptors (Lipinski definition) is 1. The van der Waals surface area contributed by atoms with Crippen LogP contribution in [0.25, 0.3) is 0 Å². The Bertz CT molecular complexity index is 1020. The summed E-state index contributed by atoms with van der Waals surface area (Å²) in [5, 5.41) is 0. The molecule has 0 aliphatic heterocycles. The zero-order valence-corrected chi connectivity index (χ0v) is 18.3. The Labute approximate surface area is 185 Å². The fourth-order valence-corrected chi connectivity index (χ4v) is 3.60. The van der Waals surface area contributed by atoms with E-state index in [1.54, 1.807) is 0 Å². The van der Waals surface area contributed by atoms with E-state index in [4.69, 9.17) is 0 Å². The predicted octanol–water partition coefficient (Wildman–Crippen LogP) is 6.88. The largest absolute Gasteiger partial charge is 0.416 e. The number of benzene rings is 2. The van der Waals surface area contributed by atoms with Crippen LogP contribution in [0.4, 0.5) is 22.0 Å². The molecule has 172 valence electrons. The van der Waals surface area contributed by atoms with E-state index in [9.17, 15) is 22.0 Å². The van der Waals surface area contributed by atoms with Gasteiger partial charge in [-0.1, -0.05) is 26.0 Å². The monoisotopic (exact) mass is 450 g/mol. The summed E-state index contributed by atoms with van der Waals surface area (Å²) in [4.78, 5) is 2.08. The van der Waals surface area contributed by atoms with Gasteiger partial charge in [-0.15, -0.1) is 0 Å². The maximum absolute atomic E-state index is 14.3. The Morgan fingerprint density at radius 1 is 0.906 bits per heavy atom. The van der Waals surface area contributed by atoms with Gasteiger partial charge in [-0.25, -0.2) is 8.78 Å². The Kier molecular flexibility index (Phi) is 7.39. The van der Waals surface area contributed by atoms with Crippen LogP contribution < -0.4 is 0 Å². The van der Waals surface area contributed by atoms with E-state index >= 15 is 0 Å². The van der Waals surface area contributed by atoms with E-state index in [1.165, 1.54) is 18.2 Å². The molecule has 1 atom stereocenters. The van der Waals surface area contributed by atoms with Crippen molar-refractivity contribution in [3.63, 3.8) is 0 Å². The maximum atomic E-state index is 14.3. The molecule has 7 heteroatoms. The van der Waals surface area contributed by atoms with E-state index in [0.717, 1.165) is 35.5 Å². The molecule has 0 bridgehead atoms. The van der Waals surface area contributed by atoms with Crippen LogP contribution in [0.1, 0.15) is 43.2 Å². The number of halogens is 5. The number of rotatable bonds is 8. The van der Waals surface area contributed by atoms with E-state index in [2.05, 4.69) is 18.7 Å². The van der Waals surface area contributed by atoms with Crippen molar-refractivity contribution in [1.29, 1.82) is 0 Å². The molecule has 32 heavy (non-hydrogen) atoms. The summed E-state index contributed by atoms with van der Waals surface area (Å²) < 4.78 is 68.4. The Balaban J connectivity index is 1.80. The molecular weight excluding hydrogens is 423 g/mol. The fourth-order valence-electron chi connectivity index (χ4n) is 3.60. The van der Waals surface area contributed by atoms with Crippen molar-refractivity contribution in [3.05, 3.63) is 94.8 Å². The van der Waals surface area contributed by atoms with Gasteiger partial charge in [0.2, 0.25) is 0 Å². The summed E-state index contributed by atoms with van der Waals surface area (Å²) in [6.45, 7) is 7.34. The molecule has 1 unspecified atom stereocenters. The molecule has 0 spiro atoms.